The lowest BCUT2D eigenvalue weighted by molar-refractivity contribution is 1.28. The standard InChI is InChI=1S/C48H31NS/c1-2-11-35(12-3-1)49(37-27-22-34(23-28-37)40-16-9-18-46-45-14-6-7-19-47(45)50-48(40)46)36-25-20-33(21-26-36)39-15-8-17-41-42(39)30-31-43-38-13-5-4-10-32(38)24-29-44(41)43/h1-31H. The van der Waals surface area contributed by atoms with Gasteiger partial charge in [-0.3, -0.25) is 0 Å². The molecule has 1 heterocycles. The van der Waals surface area contributed by atoms with Crippen LogP contribution in [0.5, 0.6) is 0 Å². The molecule has 10 rings (SSSR count). The minimum Gasteiger partial charge on any atom is -0.311 e. The second kappa shape index (κ2) is 11.7. The first-order valence-electron chi connectivity index (χ1n) is 17.1. The maximum absolute atomic E-state index is 2.34. The molecule has 9 aromatic carbocycles. The predicted molar refractivity (Wildman–Crippen MR) is 217 cm³/mol. The van der Waals surface area contributed by atoms with Gasteiger partial charge in [-0.1, -0.05) is 146 Å². The van der Waals surface area contributed by atoms with Gasteiger partial charge in [0.25, 0.3) is 0 Å². The Bertz CT molecular complexity index is 2850. The molecule has 0 saturated heterocycles. The van der Waals surface area contributed by atoms with Crippen molar-refractivity contribution < 1.29 is 0 Å². The van der Waals surface area contributed by atoms with E-state index < -0.39 is 0 Å². The number of rotatable bonds is 5. The van der Waals surface area contributed by atoms with Gasteiger partial charge in [-0.25, -0.2) is 0 Å². The van der Waals surface area contributed by atoms with E-state index in [0.717, 1.165) is 17.1 Å². The highest BCUT2D eigenvalue weighted by Gasteiger charge is 2.15. The smallest absolute Gasteiger partial charge is 0.0462 e. The largest absolute Gasteiger partial charge is 0.311 e. The number of fused-ring (bicyclic) bond motifs is 8. The molecule has 0 radical (unpaired) electrons. The molecule has 1 aromatic heterocycles. The fourth-order valence-corrected chi connectivity index (χ4v) is 8.93. The molecular formula is C48H31NS. The lowest BCUT2D eigenvalue weighted by Gasteiger charge is -2.26. The van der Waals surface area contributed by atoms with Crippen molar-refractivity contribution in [2.45, 2.75) is 0 Å². The van der Waals surface area contributed by atoms with Gasteiger partial charge >= 0.3 is 0 Å². The summed E-state index contributed by atoms with van der Waals surface area (Å²) in [4.78, 5) is 2.34. The second-order valence-corrected chi connectivity index (χ2v) is 13.9. The summed E-state index contributed by atoms with van der Waals surface area (Å²) in [5.74, 6) is 0. The van der Waals surface area contributed by atoms with Crippen LogP contribution >= 0.6 is 11.3 Å². The van der Waals surface area contributed by atoms with E-state index in [1.54, 1.807) is 0 Å². The van der Waals surface area contributed by atoms with Crippen LogP contribution < -0.4 is 4.90 Å². The molecule has 0 atom stereocenters. The maximum atomic E-state index is 2.34. The molecule has 0 bridgehead atoms. The average molecular weight is 654 g/mol. The zero-order valence-corrected chi connectivity index (χ0v) is 28.1. The average Bonchev–Trinajstić information content (AvgIpc) is 3.58. The molecule has 50 heavy (non-hydrogen) atoms. The van der Waals surface area contributed by atoms with Crippen molar-refractivity contribution in [1.82, 2.24) is 0 Å². The van der Waals surface area contributed by atoms with E-state index in [-0.39, 0.29) is 0 Å². The SMILES string of the molecule is c1ccc(N(c2ccc(-c3cccc4c3ccc3c5ccccc5ccc43)cc2)c2ccc(-c3cccc4c3sc3ccccc34)cc2)cc1. The summed E-state index contributed by atoms with van der Waals surface area (Å²) >= 11 is 1.88. The molecule has 0 spiro atoms. The van der Waals surface area contributed by atoms with Gasteiger partial charge in [-0.05, 0) is 97.0 Å². The van der Waals surface area contributed by atoms with Gasteiger partial charge in [0.15, 0.2) is 0 Å². The Hall–Kier alpha value is -6.22. The molecule has 0 aliphatic heterocycles. The molecule has 10 aromatic rings. The summed E-state index contributed by atoms with van der Waals surface area (Å²) < 4.78 is 2.67. The van der Waals surface area contributed by atoms with E-state index in [1.807, 2.05) is 11.3 Å². The van der Waals surface area contributed by atoms with Crippen molar-refractivity contribution in [3.63, 3.8) is 0 Å². The van der Waals surface area contributed by atoms with Crippen LogP contribution in [-0.2, 0) is 0 Å². The van der Waals surface area contributed by atoms with E-state index in [2.05, 4.69) is 193 Å². The molecule has 0 saturated carbocycles. The van der Waals surface area contributed by atoms with Crippen molar-refractivity contribution in [2.24, 2.45) is 0 Å². The fraction of sp³-hybridized carbons (Fsp3) is 0. The van der Waals surface area contributed by atoms with Crippen molar-refractivity contribution in [3.05, 3.63) is 188 Å². The van der Waals surface area contributed by atoms with Crippen molar-refractivity contribution in [1.29, 1.82) is 0 Å². The molecule has 0 aliphatic rings. The maximum Gasteiger partial charge on any atom is 0.0462 e. The van der Waals surface area contributed by atoms with E-state index >= 15 is 0 Å². The minimum atomic E-state index is 1.12. The summed E-state index contributed by atoms with van der Waals surface area (Å²) in [5, 5.41) is 10.4. The number of thiophene rings is 1. The zero-order valence-electron chi connectivity index (χ0n) is 27.3. The summed E-state index contributed by atoms with van der Waals surface area (Å²) in [5.41, 5.74) is 8.34. The van der Waals surface area contributed by atoms with Gasteiger partial charge in [0.1, 0.15) is 0 Å². The second-order valence-electron chi connectivity index (χ2n) is 12.9. The fourth-order valence-electron chi connectivity index (χ4n) is 7.69. The summed E-state index contributed by atoms with van der Waals surface area (Å²) in [7, 11) is 0. The van der Waals surface area contributed by atoms with Gasteiger partial charge in [-0.2, -0.15) is 0 Å². The highest BCUT2D eigenvalue weighted by atomic mass is 32.1. The molecule has 1 nitrogen and oxygen atoms in total. The summed E-state index contributed by atoms with van der Waals surface area (Å²) in [6, 6.07) is 68.6. The van der Waals surface area contributed by atoms with Crippen molar-refractivity contribution in [2.75, 3.05) is 4.90 Å². The van der Waals surface area contributed by atoms with Gasteiger partial charge in [0.2, 0.25) is 0 Å². The molecular weight excluding hydrogens is 623 g/mol. The Morgan fingerprint density at radius 3 is 1.60 bits per heavy atom. The molecule has 234 valence electrons. The number of para-hydroxylation sites is 1. The van der Waals surface area contributed by atoms with Gasteiger partial charge in [0, 0.05) is 37.2 Å². The number of benzene rings is 9. The van der Waals surface area contributed by atoms with Crippen LogP contribution in [0.15, 0.2) is 188 Å². The minimum absolute atomic E-state index is 1.12. The monoisotopic (exact) mass is 653 g/mol. The third-order valence-electron chi connectivity index (χ3n) is 10.1. The Morgan fingerprint density at radius 2 is 0.820 bits per heavy atom. The third kappa shape index (κ3) is 4.69. The molecule has 0 aliphatic carbocycles. The molecule has 0 fully saturated rings. The van der Waals surface area contributed by atoms with E-state index in [4.69, 9.17) is 0 Å². The van der Waals surface area contributed by atoms with Gasteiger partial charge in [0.05, 0.1) is 0 Å². The third-order valence-corrected chi connectivity index (χ3v) is 11.3. The van der Waals surface area contributed by atoms with Crippen LogP contribution in [-0.4, -0.2) is 0 Å². The van der Waals surface area contributed by atoms with E-state index in [9.17, 15) is 0 Å². The number of anilines is 3. The predicted octanol–water partition coefficient (Wildman–Crippen LogP) is 14.3. The summed E-state index contributed by atoms with van der Waals surface area (Å²) in [6.07, 6.45) is 0. The van der Waals surface area contributed by atoms with Crippen LogP contribution in [0.2, 0.25) is 0 Å². The Kier molecular flexibility index (Phi) is 6.75. The van der Waals surface area contributed by atoms with Crippen molar-refractivity contribution in [3.8, 4) is 22.3 Å². The highest BCUT2D eigenvalue weighted by Crippen LogP contribution is 2.42. The number of hydrogen-bond acceptors (Lipinski definition) is 2. The highest BCUT2D eigenvalue weighted by molar-refractivity contribution is 7.26. The van der Waals surface area contributed by atoms with Crippen LogP contribution in [0.25, 0.3) is 74.7 Å². The Morgan fingerprint density at radius 1 is 0.300 bits per heavy atom. The normalized spacial score (nSPS) is 11.6. The lowest BCUT2D eigenvalue weighted by atomic mass is 9.92. The Labute approximate surface area is 294 Å². The van der Waals surface area contributed by atoms with Gasteiger partial charge in [-0.15, -0.1) is 11.3 Å². The zero-order chi connectivity index (χ0) is 33.0. The van der Waals surface area contributed by atoms with E-state index in [1.165, 1.54) is 74.7 Å². The van der Waals surface area contributed by atoms with Crippen LogP contribution in [0.4, 0.5) is 17.1 Å². The van der Waals surface area contributed by atoms with Gasteiger partial charge < -0.3 is 4.90 Å². The molecule has 2 heteroatoms. The first-order valence-corrected chi connectivity index (χ1v) is 17.9. The van der Waals surface area contributed by atoms with E-state index in [0.29, 0.717) is 0 Å². The lowest BCUT2D eigenvalue weighted by Crippen LogP contribution is -2.09. The first kappa shape index (κ1) is 28.8. The topological polar surface area (TPSA) is 3.24 Å². The van der Waals surface area contributed by atoms with Crippen molar-refractivity contribution >= 4 is 80.9 Å². The molecule has 0 unspecified atom stereocenters. The quantitative estimate of drug-likeness (QED) is 0.167. The first-order chi connectivity index (χ1) is 24.8. The van der Waals surface area contributed by atoms with Crippen LogP contribution in [0, 0.1) is 0 Å². The molecule has 0 N–H and O–H groups in total. The Balaban J connectivity index is 1.04. The number of hydrogen-bond donors (Lipinski definition) is 0. The summed E-state index contributed by atoms with van der Waals surface area (Å²) in [6.45, 7) is 0. The molecule has 0 amide bonds. The van der Waals surface area contributed by atoms with Crippen LogP contribution in [0.3, 0.4) is 0 Å². The van der Waals surface area contributed by atoms with Crippen LogP contribution in [0.1, 0.15) is 0 Å². The number of nitrogens with zero attached hydrogens (tertiary/aromatic N) is 1.